The van der Waals surface area contributed by atoms with E-state index in [9.17, 15) is 18.0 Å². The quantitative estimate of drug-likeness (QED) is 0.775. The Morgan fingerprint density at radius 2 is 1.69 bits per heavy atom. The lowest BCUT2D eigenvalue weighted by atomic mass is 10.2. The molecule has 1 aliphatic heterocycles. The van der Waals surface area contributed by atoms with Gasteiger partial charge in [-0.3, -0.25) is 4.79 Å². The Labute approximate surface area is 168 Å². The zero-order valence-corrected chi connectivity index (χ0v) is 17.2. The molecule has 0 atom stereocenters. The van der Waals surface area contributed by atoms with E-state index >= 15 is 0 Å². The Balaban J connectivity index is 1.62. The number of hydrogen-bond donors (Lipinski definition) is 2. The van der Waals surface area contributed by atoms with Crippen LogP contribution in [0.25, 0.3) is 0 Å². The molecule has 11 heteroatoms. The first-order chi connectivity index (χ1) is 13.7. The van der Waals surface area contributed by atoms with Gasteiger partial charge in [-0.05, 0) is 32.0 Å². The minimum atomic E-state index is -3.73. The largest absolute Gasteiger partial charge is 0.360 e. The van der Waals surface area contributed by atoms with Gasteiger partial charge in [0.05, 0.1) is 0 Å². The van der Waals surface area contributed by atoms with Gasteiger partial charge in [-0.2, -0.15) is 4.31 Å². The van der Waals surface area contributed by atoms with Crippen LogP contribution < -0.4 is 10.6 Å². The number of anilines is 2. The summed E-state index contributed by atoms with van der Waals surface area (Å²) in [7, 11) is -3.73. The van der Waals surface area contributed by atoms with E-state index in [1.54, 1.807) is 43.0 Å². The molecule has 0 aliphatic carbocycles. The maximum atomic E-state index is 12.9. The molecule has 1 aliphatic rings. The molecule has 0 bridgehead atoms. The molecule has 0 spiro atoms. The van der Waals surface area contributed by atoms with Gasteiger partial charge in [0.15, 0.2) is 5.76 Å². The number of amides is 3. The number of carbonyl (C=O) groups excluding carboxylic acids is 2. The van der Waals surface area contributed by atoms with Crippen molar-refractivity contribution in [1.29, 1.82) is 0 Å². The first kappa shape index (κ1) is 20.8. The van der Waals surface area contributed by atoms with E-state index in [4.69, 9.17) is 4.52 Å². The summed E-state index contributed by atoms with van der Waals surface area (Å²) in [6, 6.07) is 6.46. The molecular weight excluding hydrogens is 398 g/mol. The van der Waals surface area contributed by atoms with Crippen molar-refractivity contribution >= 4 is 33.3 Å². The standard InChI is InChI=1S/C18H23N5O5S/c1-12-17(13(2)28-21-12)29(26,27)23-9-7-22(8-10-23)18(25)20-16-6-4-5-15(11-16)19-14(3)24/h4-6,11H,7-10H2,1-3H3,(H,19,24)(H,20,25). The van der Waals surface area contributed by atoms with Crippen molar-refractivity contribution in [2.45, 2.75) is 25.7 Å². The second-order valence-corrected chi connectivity index (χ2v) is 8.61. The van der Waals surface area contributed by atoms with Gasteiger partial charge in [0.25, 0.3) is 0 Å². The number of rotatable bonds is 4. The number of carbonyl (C=O) groups is 2. The van der Waals surface area contributed by atoms with E-state index in [0.717, 1.165) is 0 Å². The number of sulfonamides is 1. The first-order valence-electron chi connectivity index (χ1n) is 9.05. The fourth-order valence-electron chi connectivity index (χ4n) is 3.18. The average Bonchev–Trinajstić information content (AvgIpc) is 3.00. The predicted octanol–water partition coefficient (Wildman–Crippen LogP) is 1.79. The molecule has 0 radical (unpaired) electrons. The van der Waals surface area contributed by atoms with Crippen molar-refractivity contribution in [2.24, 2.45) is 0 Å². The van der Waals surface area contributed by atoms with Crippen molar-refractivity contribution in [2.75, 3.05) is 36.8 Å². The second-order valence-electron chi connectivity index (χ2n) is 6.74. The lowest BCUT2D eigenvalue weighted by Gasteiger charge is -2.33. The molecule has 10 nitrogen and oxygen atoms in total. The molecule has 156 valence electrons. The number of aryl methyl sites for hydroxylation is 2. The molecule has 29 heavy (non-hydrogen) atoms. The third kappa shape index (κ3) is 4.57. The van der Waals surface area contributed by atoms with Crippen molar-refractivity contribution in [3.05, 3.63) is 35.7 Å². The minimum absolute atomic E-state index is 0.0881. The summed E-state index contributed by atoms with van der Waals surface area (Å²) >= 11 is 0. The van der Waals surface area contributed by atoms with E-state index in [0.29, 0.717) is 17.1 Å². The summed E-state index contributed by atoms with van der Waals surface area (Å²) in [5.41, 5.74) is 1.43. The smallest absolute Gasteiger partial charge is 0.321 e. The van der Waals surface area contributed by atoms with Crippen molar-refractivity contribution < 1.29 is 22.5 Å². The average molecular weight is 421 g/mol. The van der Waals surface area contributed by atoms with Gasteiger partial charge in [-0.15, -0.1) is 0 Å². The maximum absolute atomic E-state index is 12.9. The summed E-state index contributed by atoms with van der Waals surface area (Å²) in [6.45, 7) is 5.40. The van der Waals surface area contributed by atoms with Crippen LogP contribution in [0.3, 0.4) is 0 Å². The van der Waals surface area contributed by atoms with E-state index < -0.39 is 10.0 Å². The third-order valence-corrected chi connectivity index (χ3v) is 6.67. The first-order valence-corrected chi connectivity index (χ1v) is 10.5. The lowest BCUT2D eigenvalue weighted by molar-refractivity contribution is -0.114. The van der Waals surface area contributed by atoms with Gasteiger partial charge in [-0.1, -0.05) is 11.2 Å². The van der Waals surface area contributed by atoms with Crippen LogP contribution in [-0.4, -0.2) is 60.9 Å². The van der Waals surface area contributed by atoms with Crippen LogP contribution in [0.1, 0.15) is 18.4 Å². The highest BCUT2D eigenvalue weighted by atomic mass is 32.2. The molecule has 1 saturated heterocycles. The van der Waals surface area contributed by atoms with Crippen LogP contribution >= 0.6 is 0 Å². The number of urea groups is 1. The number of piperazine rings is 1. The van der Waals surface area contributed by atoms with Gasteiger partial charge in [0, 0.05) is 44.5 Å². The summed E-state index contributed by atoms with van der Waals surface area (Å²) in [6.07, 6.45) is 0. The number of nitrogens with one attached hydrogen (secondary N) is 2. The van der Waals surface area contributed by atoms with E-state index in [1.165, 1.54) is 11.2 Å². The number of benzene rings is 1. The Hall–Kier alpha value is -2.92. The predicted molar refractivity (Wildman–Crippen MR) is 106 cm³/mol. The number of aromatic nitrogens is 1. The topological polar surface area (TPSA) is 125 Å². The van der Waals surface area contributed by atoms with Crippen LogP contribution in [0.2, 0.25) is 0 Å². The molecule has 3 amide bonds. The molecule has 2 heterocycles. The maximum Gasteiger partial charge on any atom is 0.321 e. The van der Waals surface area contributed by atoms with Gasteiger partial charge in [0.1, 0.15) is 10.6 Å². The monoisotopic (exact) mass is 421 g/mol. The van der Waals surface area contributed by atoms with Crippen molar-refractivity contribution in [1.82, 2.24) is 14.4 Å². The molecule has 2 N–H and O–H groups in total. The van der Waals surface area contributed by atoms with Crippen molar-refractivity contribution in [3.8, 4) is 0 Å². The summed E-state index contributed by atoms with van der Waals surface area (Å²) in [5, 5.41) is 9.13. The third-order valence-electron chi connectivity index (χ3n) is 4.53. The zero-order valence-electron chi connectivity index (χ0n) is 16.4. The fraction of sp³-hybridized carbons (Fsp3) is 0.389. The minimum Gasteiger partial charge on any atom is -0.360 e. The molecular formula is C18H23N5O5S. The highest BCUT2D eigenvalue weighted by molar-refractivity contribution is 7.89. The van der Waals surface area contributed by atoms with Crippen LogP contribution in [-0.2, 0) is 14.8 Å². The van der Waals surface area contributed by atoms with Crippen LogP contribution in [0.5, 0.6) is 0 Å². The molecule has 3 rings (SSSR count). The number of hydrogen-bond acceptors (Lipinski definition) is 6. The van der Waals surface area contributed by atoms with Gasteiger partial charge in [0.2, 0.25) is 15.9 Å². The highest BCUT2D eigenvalue weighted by Crippen LogP contribution is 2.24. The summed E-state index contributed by atoms with van der Waals surface area (Å²) in [5.74, 6) is 0.0471. The molecule has 0 unspecified atom stereocenters. The Kier molecular flexibility index (Phi) is 5.89. The second kappa shape index (κ2) is 8.21. The highest BCUT2D eigenvalue weighted by Gasteiger charge is 2.34. The van der Waals surface area contributed by atoms with Gasteiger partial charge < -0.3 is 20.1 Å². The Morgan fingerprint density at radius 3 is 2.24 bits per heavy atom. The van der Waals surface area contributed by atoms with Crippen LogP contribution in [0.15, 0.2) is 33.7 Å². The lowest BCUT2D eigenvalue weighted by Crippen LogP contribution is -2.51. The fourth-order valence-corrected chi connectivity index (χ4v) is 4.90. The van der Waals surface area contributed by atoms with E-state index in [2.05, 4.69) is 15.8 Å². The van der Waals surface area contributed by atoms with E-state index in [-0.39, 0.29) is 48.8 Å². The number of nitrogens with zero attached hydrogens (tertiary/aromatic N) is 3. The summed E-state index contributed by atoms with van der Waals surface area (Å²) < 4.78 is 32.0. The molecule has 1 aromatic heterocycles. The Bertz CT molecular complexity index is 1010. The normalized spacial score (nSPS) is 15.2. The molecule has 1 aromatic carbocycles. The molecule has 1 fully saturated rings. The molecule has 0 saturated carbocycles. The molecule has 2 aromatic rings. The SMILES string of the molecule is CC(=O)Nc1cccc(NC(=O)N2CCN(S(=O)(=O)c3c(C)noc3C)CC2)c1. The van der Waals surface area contributed by atoms with Gasteiger partial charge in [-0.25, -0.2) is 13.2 Å². The van der Waals surface area contributed by atoms with E-state index in [1.807, 2.05) is 0 Å². The summed E-state index contributed by atoms with van der Waals surface area (Å²) in [4.78, 5) is 25.3. The van der Waals surface area contributed by atoms with Gasteiger partial charge >= 0.3 is 6.03 Å². The van der Waals surface area contributed by atoms with Crippen LogP contribution in [0, 0.1) is 13.8 Å². The zero-order chi connectivity index (χ0) is 21.2. The Morgan fingerprint density at radius 1 is 1.07 bits per heavy atom. The van der Waals surface area contributed by atoms with Crippen molar-refractivity contribution in [3.63, 3.8) is 0 Å². The van der Waals surface area contributed by atoms with Crippen LogP contribution in [0.4, 0.5) is 16.2 Å².